The zero-order chi connectivity index (χ0) is 17.5. The van der Waals surface area contributed by atoms with Gasteiger partial charge in [-0.2, -0.15) is 5.26 Å². The van der Waals surface area contributed by atoms with E-state index < -0.39 is 0 Å². The molecular formula is C18H14ClN3O2. The lowest BCUT2D eigenvalue weighted by atomic mass is 10.1. The van der Waals surface area contributed by atoms with Gasteiger partial charge in [0.05, 0.1) is 23.5 Å². The van der Waals surface area contributed by atoms with Gasteiger partial charge in [-0.05, 0) is 29.8 Å². The quantitative estimate of drug-likeness (QED) is 0.815. The lowest BCUT2D eigenvalue weighted by molar-refractivity contribution is 0.0950. The van der Waals surface area contributed by atoms with Crippen molar-refractivity contribution in [3.05, 3.63) is 83.4 Å². The smallest absolute Gasteiger partial charge is 0.253 e. The Hall–Kier alpha value is -3.10. The van der Waals surface area contributed by atoms with E-state index in [1.165, 1.54) is 12.5 Å². The number of benzene rings is 1. The number of pyridine rings is 1. The largest absolute Gasteiger partial charge is 0.464 e. The first kappa shape index (κ1) is 17.3. The molecule has 1 heterocycles. The van der Waals surface area contributed by atoms with Gasteiger partial charge in [0.1, 0.15) is 11.5 Å². The summed E-state index contributed by atoms with van der Waals surface area (Å²) in [6.45, 7) is 7.38. The van der Waals surface area contributed by atoms with Gasteiger partial charge in [-0.25, -0.2) is 0 Å². The van der Waals surface area contributed by atoms with Crippen LogP contribution in [0.4, 0.5) is 0 Å². The number of ether oxygens (including phenoxy) is 1. The number of carbonyl (C=O) groups excluding carboxylic acids is 1. The van der Waals surface area contributed by atoms with Crippen LogP contribution < -0.4 is 5.32 Å². The number of nitrogens with zero attached hydrogens (tertiary/aromatic N) is 2. The number of nitrogens with one attached hydrogen (secondary N) is 1. The van der Waals surface area contributed by atoms with E-state index in [1.54, 1.807) is 30.3 Å². The predicted octanol–water partition coefficient (Wildman–Crippen LogP) is 3.67. The summed E-state index contributed by atoms with van der Waals surface area (Å²) in [5.74, 6) is 0.0612. The summed E-state index contributed by atoms with van der Waals surface area (Å²) < 4.78 is 5.03. The molecule has 1 aromatic heterocycles. The maximum absolute atomic E-state index is 12.1. The zero-order valence-corrected chi connectivity index (χ0v) is 13.5. The Labute approximate surface area is 144 Å². The molecule has 0 fully saturated rings. The van der Waals surface area contributed by atoms with Crippen LogP contribution in [0.3, 0.4) is 0 Å². The summed E-state index contributed by atoms with van der Waals surface area (Å²) in [6, 6.07) is 10.2. The number of halogens is 1. The number of aromatic nitrogens is 1. The van der Waals surface area contributed by atoms with Crippen molar-refractivity contribution in [2.75, 3.05) is 0 Å². The fraction of sp³-hybridized carbons (Fsp3) is 0.0556. The van der Waals surface area contributed by atoms with Crippen molar-refractivity contribution >= 4 is 23.3 Å². The van der Waals surface area contributed by atoms with Gasteiger partial charge in [0.25, 0.3) is 5.91 Å². The third kappa shape index (κ3) is 4.22. The number of hydrogen-bond acceptors (Lipinski definition) is 4. The predicted molar refractivity (Wildman–Crippen MR) is 91.9 cm³/mol. The molecule has 6 heteroatoms. The van der Waals surface area contributed by atoms with Crippen molar-refractivity contribution in [2.45, 2.75) is 6.54 Å². The number of hydrogen-bond donors (Lipinski definition) is 1. The average Bonchev–Trinajstić information content (AvgIpc) is 2.60. The third-order valence-electron chi connectivity index (χ3n) is 3.16. The maximum atomic E-state index is 12.1. The molecule has 1 N–H and O–H groups in total. The van der Waals surface area contributed by atoms with E-state index in [4.69, 9.17) is 21.6 Å². The molecule has 0 bridgehead atoms. The van der Waals surface area contributed by atoms with Crippen LogP contribution in [0.5, 0.6) is 0 Å². The Morgan fingerprint density at radius 3 is 2.79 bits per heavy atom. The standard InChI is InChI=1S/C18H14ClN3O2/c1-3-24-12(2)17-7-6-15(11-21-17)18(23)22-10-14-5-4-13(9-20)8-16(14)19/h3-8,11H,1-2,10H2,(H,22,23). The van der Waals surface area contributed by atoms with E-state index in [0.717, 1.165) is 5.56 Å². The highest BCUT2D eigenvalue weighted by Gasteiger charge is 2.09. The number of carbonyl (C=O) groups is 1. The Balaban J connectivity index is 2.01. The number of nitriles is 1. The van der Waals surface area contributed by atoms with Crippen LogP contribution in [0.25, 0.3) is 5.76 Å². The molecule has 120 valence electrons. The van der Waals surface area contributed by atoms with Gasteiger partial charge in [-0.1, -0.05) is 30.8 Å². The lowest BCUT2D eigenvalue weighted by Crippen LogP contribution is -2.23. The summed E-state index contributed by atoms with van der Waals surface area (Å²) >= 11 is 6.08. The molecule has 1 aromatic carbocycles. The van der Waals surface area contributed by atoms with Crippen LogP contribution in [0.2, 0.25) is 5.02 Å². The van der Waals surface area contributed by atoms with Gasteiger partial charge in [-0.3, -0.25) is 9.78 Å². The molecule has 1 amide bonds. The van der Waals surface area contributed by atoms with E-state index in [2.05, 4.69) is 23.5 Å². The Morgan fingerprint density at radius 2 is 2.21 bits per heavy atom. The molecule has 0 unspecified atom stereocenters. The first-order valence-corrected chi connectivity index (χ1v) is 7.32. The molecule has 0 spiro atoms. The second-order valence-corrected chi connectivity index (χ2v) is 5.15. The first-order valence-electron chi connectivity index (χ1n) is 6.94. The van der Waals surface area contributed by atoms with Crippen LogP contribution in [0.15, 0.2) is 55.9 Å². The Morgan fingerprint density at radius 1 is 1.42 bits per heavy atom. The first-order chi connectivity index (χ1) is 11.5. The minimum Gasteiger partial charge on any atom is -0.464 e. The van der Waals surface area contributed by atoms with E-state index in [1.807, 2.05) is 6.07 Å². The number of amides is 1. The van der Waals surface area contributed by atoms with E-state index in [0.29, 0.717) is 27.6 Å². The molecule has 0 atom stereocenters. The summed E-state index contributed by atoms with van der Waals surface area (Å²) in [5, 5.41) is 12.0. The van der Waals surface area contributed by atoms with Crippen LogP contribution in [0.1, 0.15) is 27.2 Å². The maximum Gasteiger partial charge on any atom is 0.253 e. The van der Waals surface area contributed by atoms with Crippen LogP contribution in [-0.2, 0) is 11.3 Å². The fourth-order valence-electron chi connectivity index (χ4n) is 1.89. The van der Waals surface area contributed by atoms with E-state index >= 15 is 0 Å². The minimum absolute atomic E-state index is 0.247. The highest BCUT2D eigenvalue weighted by Crippen LogP contribution is 2.17. The van der Waals surface area contributed by atoms with Crippen molar-refractivity contribution in [3.63, 3.8) is 0 Å². The second-order valence-electron chi connectivity index (χ2n) is 4.74. The van der Waals surface area contributed by atoms with E-state index in [-0.39, 0.29) is 12.5 Å². The van der Waals surface area contributed by atoms with Gasteiger partial charge >= 0.3 is 0 Å². The molecule has 2 rings (SSSR count). The van der Waals surface area contributed by atoms with Crippen molar-refractivity contribution in [1.29, 1.82) is 5.26 Å². The molecule has 0 aliphatic carbocycles. The van der Waals surface area contributed by atoms with Gasteiger partial charge in [0, 0.05) is 17.8 Å². The van der Waals surface area contributed by atoms with Gasteiger partial charge < -0.3 is 10.1 Å². The van der Waals surface area contributed by atoms with Gasteiger partial charge in [0.2, 0.25) is 0 Å². The molecule has 2 aromatic rings. The monoisotopic (exact) mass is 339 g/mol. The molecule has 0 saturated carbocycles. The van der Waals surface area contributed by atoms with Crippen molar-refractivity contribution < 1.29 is 9.53 Å². The lowest BCUT2D eigenvalue weighted by Gasteiger charge is -2.08. The molecule has 0 saturated heterocycles. The molecule has 24 heavy (non-hydrogen) atoms. The van der Waals surface area contributed by atoms with Gasteiger partial charge in [0.15, 0.2) is 0 Å². The third-order valence-corrected chi connectivity index (χ3v) is 3.51. The number of rotatable bonds is 6. The second kappa shape index (κ2) is 7.95. The van der Waals surface area contributed by atoms with Crippen LogP contribution in [0, 0.1) is 11.3 Å². The van der Waals surface area contributed by atoms with Gasteiger partial charge in [-0.15, -0.1) is 0 Å². The van der Waals surface area contributed by atoms with Crippen LogP contribution in [-0.4, -0.2) is 10.9 Å². The highest BCUT2D eigenvalue weighted by molar-refractivity contribution is 6.31. The van der Waals surface area contributed by atoms with Crippen LogP contribution >= 0.6 is 11.6 Å². The summed E-state index contributed by atoms with van der Waals surface area (Å²) in [4.78, 5) is 16.3. The summed E-state index contributed by atoms with van der Waals surface area (Å²) in [6.07, 6.45) is 2.69. The molecule has 0 radical (unpaired) electrons. The topological polar surface area (TPSA) is 75.0 Å². The summed E-state index contributed by atoms with van der Waals surface area (Å²) in [5.41, 5.74) is 2.11. The molecule has 0 aliphatic heterocycles. The van der Waals surface area contributed by atoms with E-state index in [9.17, 15) is 4.79 Å². The Kier molecular flexibility index (Phi) is 5.72. The molecular weight excluding hydrogens is 326 g/mol. The molecule has 5 nitrogen and oxygen atoms in total. The van der Waals surface area contributed by atoms with Crippen molar-refractivity contribution in [3.8, 4) is 6.07 Å². The summed E-state index contributed by atoms with van der Waals surface area (Å²) in [7, 11) is 0. The Bertz CT molecular complexity index is 823. The SMILES string of the molecule is C=COC(=C)c1ccc(C(=O)NCc2ccc(C#N)cc2Cl)cn1. The average molecular weight is 340 g/mol. The molecule has 0 aliphatic rings. The zero-order valence-electron chi connectivity index (χ0n) is 12.8. The normalized spacial score (nSPS) is 9.67. The van der Waals surface area contributed by atoms with Crippen molar-refractivity contribution in [2.24, 2.45) is 0 Å². The fourth-order valence-corrected chi connectivity index (χ4v) is 2.14. The minimum atomic E-state index is -0.287. The highest BCUT2D eigenvalue weighted by atomic mass is 35.5. The van der Waals surface area contributed by atoms with Crippen molar-refractivity contribution in [1.82, 2.24) is 10.3 Å².